The highest BCUT2D eigenvalue weighted by Gasteiger charge is 2.14. The lowest BCUT2D eigenvalue weighted by atomic mass is 10.1. The zero-order valence-electron chi connectivity index (χ0n) is 10.8. The van der Waals surface area contributed by atoms with E-state index in [0.717, 1.165) is 16.0 Å². The monoisotopic (exact) mass is 289 g/mol. The van der Waals surface area contributed by atoms with E-state index in [1.807, 2.05) is 19.1 Å². The van der Waals surface area contributed by atoms with Crippen molar-refractivity contribution >= 4 is 16.3 Å². The second-order valence-electron chi connectivity index (χ2n) is 4.48. The molecule has 0 aliphatic carbocycles. The number of rotatable bonds is 3. The quantitative estimate of drug-likeness (QED) is 0.802. The summed E-state index contributed by atoms with van der Waals surface area (Å²) in [4.78, 5) is 5.21. The van der Waals surface area contributed by atoms with Gasteiger partial charge in [-0.25, -0.2) is 4.39 Å². The van der Waals surface area contributed by atoms with Gasteiger partial charge in [-0.05, 0) is 36.2 Å². The van der Waals surface area contributed by atoms with Gasteiger partial charge in [-0.2, -0.15) is 4.98 Å². The minimum atomic E-state index is -0.270. The fourth-order valence-electron chi connectivity index (χ4n) is 1.97. The number of aryl methyl sites for hydroxylation is 1. The molecule has 0 spiro atoms. The Morgan fingerprint density at radius 3 is 2.90 bits per heavy atom. The van der Waals surface area contributed by atoms with Crippen molar-refractivity contribution in [3.8, 4) is 10.8 Å². The lowest BCUT2D eigenvalue weighted by Gasteiger charge is -1.95. The number of anilines is 1. The lowest BCUT2D eigenvalue weighted by Crippen LogP contribution is -1.91. The number of benzene rings is 1. The lowest BCUT2D eigenvalue weighted by molar-refractivity contribution is 0.424. The first-order valence-corrected chi connectivity index (χ1v) is 6.87. The van der Waals surface area contributed by atoms with Gasteiger partial charge in [0.05, 0.1) is 9.88 Å². The average molecular weight is 289 g/mol. The largest absolute Gasteiger partial charge is 0.391 e. The molecule has 0 radical (unpaired) electrons. The summed E-state index contributed by atoms with van der Waals surface area (Å²) in [7, 11) is 0. The molecule has 6 heteroatoms. The van der Waals surface area contributed by atoms with Crippen molar-refractivity contribution in [1.82, 2.24) is 10.1 Å². The van der Waals surface area contributed by atoms with Crippen molar-refractivity contribution in [3.63, 3.8) is 0 Å². The molecule has 0 unspecified atom stereocenters. The first-order valence-electron chi connectivity index (χ1n) is 6.05. The zero-order valence-corrected chi connectivity index (χ0v) is 11.6. The maximum atomic E-state index is 13.1. The van der Waals surface area contributed by atoms with Crippen LogP contribution in [0.5, 0.6) is 0 Å². The average Bonchev–Trinajstić information content (AvgIpc) is 2.96. The first kappa shape index (κ1) is 12.8. The van der Waals surface area contributed by atoms with Crippen LogP contribution in [0.15, 0.2) is 34.9 Å². The Kier molecular flexibility index (Phi) is 3.23. The Morgan fingerprint density at radius 2 is 2.20 bits per heavy atom. The van der Waals surface area contributed by atoms with Gasteiger partial charge in [0.1, 0.15) is 5.82 Å². The third kappa shape index (κ3) is 2.55. The molecule has 2 N–H and O–H groups in total. The fraction of sp³-hybridized carbons (Fsp3) is 0.143. The number of halogens is 1. The Labute approximate surface area is 119 Å². The fourth-order valence-corrected chi connectivity index (χ4v) is 2.83. The highest BCUT2D eigenvalue weighted by Crippen LogP contribution is 2.32. The van der Waals surface area contributed by atoms with Crippen molar-refractivity contribution in [2.45, 2.75) is 13.3 Å². The number of nitrogen functional groups attached to an aromatic ring is 1. The van der Waals surface area contributed by atoms with Crippen molar-refractivity contribution < 1.29 is 8.91 Å². The van der Waals surface area contributed by atoms with E-state index >= 15 is 0 Å². The van der Waals surface area contributed by atoms with Crippen LogP contribution in [0.3, 0.4) is 0 Å². The third-order valence-corrected chi connectivity index (χ3v) is 3.90. The summed E-state index contributed by atoms with van der Waals surface area (Å²) in [5, 5.41) is 4.64. The smallest absolute Gasteiger partial charge is 0.268 e. The van der Waals surface area contributed by atoms with Crippen LogP contribution >= 0.6 is 11.3 Å². The maximum absolute atomic E-state index is 13.1. The minimum absolute atomic E-state index is 0.270. The standard InChI is InChI=1S/C14H12FN3OS/c1-8-5-11(16)20-13(8)14-17-12(18-19-14)7-9-3-2-4-10(15)6-9/h2-6H,7,16H2,1H3. The molecular formula is C14H12FN3OS. The molecule has 4 nitrogen and oxygen atoms in total. The second kappa shape index (κ2) is 5.05. The molecule has 0 atom stereocenters. The van der Waals surface area contributed by atoms with Crippen LogP contribution in [0.2, 0.25) is 0 Å². The summed E-state index contributed by atoms with van der Waals surface area (Å²) in [5.74, 6) is 0.709. The van der Waals surface area contributed by atoms with Crippen LogP contribution in [0.4, 0.5) is 9.39 Å². The number of thiophene rings is 1. The zero-order chi connectivity index (χ0) is 14.1. The predicted molar refractivity (Wildman–Crippen MR) is 76.0 cm³/mol. The topological polar surface area (TPSA) is 64.9 Å². The van der Waals surface area contributed by atoms with Crippen LogP contribution in [0.25, 0.3) is 10.8 Å². The predicted octanol–water partition coefficient (Wildman–Crippen LogP) is 3.42. The SMILES string of the molecule is Cc1cc(N)sc1-c1nc(Cc2cccc(F)c2)no1. The summed E-state index contributed by atoms with van der Waals surface area (Å²) < 4.78 is 18.4. The van der Waals surface area contributed by atoms with Crippen LogP contribution in [-0.4, -0.2) is 10.1 Å². The van der Waals surface area contributed by atoms with E-state index in [4.69, 9.17) is 10.3 Å². The molecule has 0 saturated heterocycles. The van der Waals surface area contributed by atoms with Crippen molar-refractivity contribution in [3.05, 3.63) is 53.1 Å². The van der Waals surface area contributed by atoms with Gasteiger partial charge >= 0.3 is 0 Å². The molecule has 2 heterocycles. The van der Waals surface area contributed by atoms with E-state index in [9.17, 15) is 4.39 Å². The maximum Gasteiger partial charge on any atom is 0.268 e. The van der Waals surface area contributed by atoms with Crippen LogP contribution in [0, 0.1) is 12.7 Å². The van der Waals surface area contributed by atoms with Gasteiger partial charge in [0.2, 0.25) is 0 Å². The molecule has 102 valence electrons. The number of aromatic nitrogens is 2. The Morgan fingerprint density at radius 1 is 1.35 bits per heavy atom. The van der Waals surface area contributed by atoms with E-state index in [1.165, 1.54) is 23.5 Å². The highest BCUT2D eigenvalue weighted by molar-refractivity contribution is 7.19. The number of hydrogen-bond acceptors (Lipinski definition) is 5. The molecule has 1 aromatic carbocycles. The summed E-state index contributed by atoms with van der Waals surface area (Å²) >= 11 is 1.41. The van der Waals surface area contributed by atoms with E-state index < -0.39 is 0 Å². The number of nitrogens with zero attached hydrogens (tertiary/aromatic N) is 2. The van der Waals surface area contributed by atoms with Gasteiger partial charge in [0.15, 0.2) is 5.82 Å². The normalized spacial score (nSPS) is 10.9. The summed E-state index contributed by atoms with van der Waals surface area (Å²) in [6.45, 7) is 1.94. The van der Waals surface area contributed by atoms with Gasteiger partial charge in [0.25, 0.3) is 5.89 Å². The van der Waals surface area contributed by atoms with Crippen molar-refractivity contribution in [2.24, 2.45) is 0 Å². The van der Waals surface area contributed by atoms with Gasteiger partial charge < -0.3 is 10.3 Å². The first-order chi connectivity index (χ1) is 9.61. The molecule has 20 heavy (non-hydrogen) atoms. The van der Waals surface area contributed by atoms with Crippen LogP contribution in [-0.2, 0) is 6.42 Å². The molecule has 0 bridgehead atoms. The van der Waals surface area contributed by atoms with Gasteiger partial charge in [-0.1, -0.05) is 17.3 Å². The molecular weight excluding hydrogens is 277 g/mol. The molecule has 0 aliphatic heterocycles. The molecule has 3 rings (SSSR count). The summed E-state index contributed by atoms with van der Waals surface area (Å²) in [6.07, 6.45) is 0.432. The number of hydrogen-bond donors (Lipinski definition) is 1. The Balaban J connectivity index is 1.85. The summed E-state index contributed by atoms with van der Waals surface area (Å²) in [5.41, 5.74) is 7.56. The van der Waals surface area contributed by atoms with Crippen LogP contribution < -0.4 is 5.73 Å². The minimum Gasteiger partial charge on any atom is -0.391 e. The second-order valence-corrected chi connectivity index (χ2v) is 5.57. The van der Waals surface area contributed by atoms with E-state index in [2.05, 4.69) is 10.1 Å². The third-order valence-electron chi connectivity index (χ3n) is 2.85. The van der Waals surface area contributed by atoms with Crippen molar-refractivity contribution in [1.29, 1.82) is 0 Å². The molecule has 0 fully saturated rings. The molecule has 0 saturated carbocycles. The van der Waals surface area contributed by atoms with Gasteiger partial charge in [0, 0.05) is 6.42 Å². The molecule has 3 aromatic rings. The molecule has 2 aromatic heterocycles. The summed E-state index contributed by atoms with van der Waals surface area (Å²) in [6, 6.07) is 8.23. The highest BCUT2D eigenvalue weighted by atomic mass is 32.1. The van der Waals surface area contributed by atoms with Gasteiger partial charge in [-0.3, -0.25) is 0 Å². The van der Waals surface area contributed by atoms with E-state index in [-0.39, 0.29) is 5.82 Å². The molecule has 0 amide bonds. The van der Waals surface area contributed by atoms with Crippen LogP contribution in [0.1, 0.15) is 17.0 Å². The Hall–Kier alpha value is -2.21. The van der Waals surface area contributed by atoms with E-state index in [1.54, 1.807) is 6.07 Å². The van der Waals surface area contributed by atoms with E-state index in [0.29, 0.717) is 23.1 Å². The number of nitrogens with two attached hydrogens (primary N) is 1. The molecule has 0 aliphatic rings. The van der Waals surface area contributed by atoms with Gasteiger partial charge in [-0.15, -0.1) is 11.3 Å². The van der Waals surface area contributed by atoms with Crippen molar-refractivity contribution in [2.75, 3.05) is 5.73 Å². The Bertz CT molecular complexity index is 750.